The number of nitrogens with one attached hydrogen (secondary N) is 2. The van der Waals surface area contributed by atoms with Crippen LogP contribution < -0.4 is 15.4 Å². The van der Waals surface area contributed by atoms with Gasteiger partial charge in [0.15, 0.2) is 5.76 Å². The molecule has 1 aliphatic rings. The average molecular weight is 394 g/mol. The quantitative estimate of drug-likeness (QED) is 0.574. The van der Waals surface area contributed by atoms with Crippen LogP contribution in [0.5, 0.6) is 5.75 Å². The van der Waals surface area contributed by atoms with Gasteiger partial charge in [0.25, 0.3) is 5.91 Å². The van der Waals surface area contributed by atoms with Gasteiger partial charge in [-0.15, -0.1) is 0 Å². The van der Waals surface area contributed by atoms with Crippen molar-refractivity contribution >= 4 is 16.7 Å². The Morgan fingerprint density at radius 2 is 1.90 bits per heavy atom. The van der Waals surface area contributed by atoms with Gasteiger partial charge in [0.05, 0.1) is 6.61 Å². The zero-order chi connectivity index (χ0) is 20.1. The van der Waals surface area contributed by atoms with Gasteiger partial charge in [0.1, 0.15) is 18.1 Å². The standard InChI is InChI=1S/C23H26N2O4/c26-16-23(9-11-24-12-10-23)15-25-22(27)21-8-7-20(29-21)14-28-19-6-5-17-3-1-2-4-18(17)13-19/h1-8,13,24,26H,9-12,14-16H2,(H,25,27). The zero-order valence-corrected chi connectivity index (χ0v) is 16.3. The van der Waals surface area contributed by atoms with E-state index in [4.69, 9.17) is 9.15 Å². The molecule has 1 aromatic heterocycles. The molecule has 0 bridgehead atoms. The monoisotopic (exact) mass is 394 g/mol. The molecule has 0 spiro atoms. The van der Waals surface area contributed by atoms with Gasteiger partial charge < -0.3 is 24.9 Å². The summed E-state index contributed by atoms with van der Waals surface area (Å²) in [5.41, 5.74) is -0.254. The number of aliphatic hydroxyl groups is 1. The lowest BCUT2D eigenvalue weighted by atomic mass is 9.79. The van der Waals surface area contributed by atoms with E-state index in [1.807, 2.05) is 36.4 Å². The van der Waals surface area contributed by atoms with Crippen molar-refractivity contribution in [2.45, 2.75) is 19.4 Å². The Morgan fingerprint density at radius 1 is 1.10 bits per heavy atom. The number of aliphatic hydroxyl groups excluding tert-OH is 1. The van der Waals surface area contributed by atoms with Crippen molar-refractivity contribution in [2.24, 2.45) is 5.41 Å². The second-order valence-corrected chi connectivity index (χ2v) is 7.65. The average Bonchev–Trinajstić information content (AvgIpc) is 3.26. The summed E-state index contributed by atoms with van der Waals surface area (Å²) in [7, 11) is 0. The minimum Gasteiger partial charge on any atom is -0.486 e. The molecule has 0 unspecified atom stereocenters. The molecule has 29 heavy (non-hydrogen) atoms. The molecule has 1 amide bonds. The van der Waals surface area contributed by atoms with Crippen molar-refractivity contribution in [2.75, 3.05) is 26.2 Å². The van der Waals surface area contributed by atoms with E-state index in [1.165, 1.54) is 0 Å². The van der Waals surface area contributed by atoms with Crippen molar-refractivity contribution < 1.29 is 19.1 Å². The number of hydrogen-bond donors (Lipinski definition) is 3. The zero-order valence-electron chi connectivity index (χ0n) is 16.3. The summed E-state index contributed by atoms with van der Waals surface area (Å²) < 4.78 is 11.5. The number of carbonyl (C=O) groups excluding carboxylic acids is 1. The second kappa shape index (κ2) is 8.68. The van der Waals surface area contributed by atoms with Crippen LogP contribution in [0, 0.1) is 5.41 Å². The van der Waals surface area contributed by atoms with Gasteiger partial charge in [0, 0.05) is 12.0 Å². The molecular formula is C23H26N2O4. The first-order valence-electron chi connectivity index (χ1n) is 9.98. The first-order chi connectivity index (χ1) is 14.2. The van der Waals surface area contributed by atoms with Crippen LogP contribution in [0.25, 0.3) is 10.8 Å². The Bertz CT molecular complexity index is 976. The Hall–Kier alpha value is -2.83. The van der Waals surface area contributed by atoms with Crippen LogP contribution in [-0.2, 0) is 6.61 Å². The molecule has 0 atom stereocenters. The Morgan fingerprint density at radius 3 is 2.69 bits per heavy atom. The molecular weight excluding hydrogens is 368 g/mol. The Balaban J connectivity index is 1.33. The minimum absolute atomic E-state index is 0.0674. The normalized spacial score (nSPS) is 15.9. The fraction of sp³-hybridized carbons (Fsp3) is 0.348. The molecule has 1 aliphatic heterocycles. The number of ether oxygens (including phenoxy) is 1. The summed E-state index contributed by atoms with van der Waals surface area (Å²) in [6, 6.07) is 17.4. The highest BCUT2D eigenvalue weighted by molar-refractivity contribution is 5.91. The minimum atomic E-state index is -0.270. The summed E-state index contributed by atoms with van der Waals surface area (Å²) >= 11 is 0. The van der Waals surface area contributed by atoms with Crippen LogP contribution in [0.4, 0.5) is 0 Å². The van der Waals surface area contributed by atoms with E-state index in [0.717, 1.165) is 42.5 Å². The molecule has 2 heterocycles. The van der Waals surface area contributed by atoms with Crippen LogP contribution in [0.15, 0.2) is 59.0 Å². The lowest BCUT2D eigenvalue weighted by Gasteiger charge is -2.35. The van der Waals surface area contributed by atoms with E-state index >= 15 is 0 Å². The first-order valence-corrected chi connectivity index (χ1v) is 9.98. The highest BCUT2D eigenvalue weighted by atomic mass is 16.5. The molecule has 1 fully saturated rings. The molecule has 4 rings (SSSR count). The fourth-order valence-electron chi connectivity index (χ4n) is 3.69. The summed E-state index contributed by atoms with van der Waals surface area (Å²) in [6.45, 7) is 2.46. The fourth-order valence-corrected chi connectivity index (χ4v) is 3.69. The maximum Gasteiger partial charge on any atom is 0.287 e. The number of amides is 1. The number of hydrogen-bond acceptors (Lipinski definition) is 5. The summed E-state index contributed by atoms with van der Waals surface area (Å²) in [4.78, 5) is 12.4. The number of rotatable bonds is 7. The Kier molecular flexibility index (Phi) is 5.83. The van der Waals surface area contributed by atoms with Gasteiger partial charge in [-0.3, -0.25) is 4.79 Å². The number of piperidine rings is 1. The molecule has 1 saturated heterocycles. The molecule has 2 aromatic carbocycles. The van der Waals surface area contributed by atoms with Gasteiger partial charge in [-0.1, -0.05) is 30.3 Å². The third-order valence-corrected chi connectivity index (χ3v) is 5.61. The lowest BCUT2D eigenvalue weighted by molar-refractivity contribution is 0.0738. The highest BCUT2D eigenvalue weighted by Gasteiger charge is 2.32. The van der Waals surface area contributed by atoms with Crippen LogP contribution in [-0.4, -0.2) is 37.3 Å². The molecule has 152 valence electrons. The topological polar surface area (TPSA) is 83.7 Å². The third-order valence-electron chi connectivity index (χ3n) is 5.61. The van der Waals surface area contributed by atoms with Gasteiger partial charge in [0.2, 0.25) is 0 Å². The SMILES string of the molecule is O=C(NCC1(CO)CCNCC1)c1ccc(COc2ccc3ccccc3c2)o1. The molecule has 3 N–H and O–H groups in total. The van der Waals surface area contributed by atoms with Crippen LogP contribution in [0.2, 0.25) is 0 Å². The smallest absolute Gasteiger partial charge is 0.287 e. The number of benzene rings is 2. The number of furan rings is 1. The van der Waals surface area contributed by atoms with Crippen LogP contribution >= 0.6 is 0 Å². The molecule has 6 heteroatoms. The van der Waals surface area contributed by atoms with Crippen molar-refractivity contribution in [1.82, 2.24) is 10.6 Å². The molecule has 3 aromatic rings. The van der Waals surface area contributed by atoms with Crippen molar-refractivity contribution in [1.29, 1.82) is 0 Å². The maximum atomic E-state index is 12.4. The van der Waals surface area contributed by atoms with Gasteiger partial charge >= 0.3 is 0 Å². The van der Waals surface area contributed by atoms with Gasteiger partial charge in [-0.25, -0.2) is 0 Å². The van der Waals surface area contributed by atoms with E-state index in [9.17, 15) is 9.90 Å². The number of fused-ring (bicyclic) bond motifs is 1. The van der Waals surface area contributed by atoms with E-state index in [-0.39, 0.29) is 30.3 Å². The van der Waals surface area contributed by atoms with E-state index < -0.39 is 0 Å². The summed E-state index contributed by atoms with van der Waals surface area (Å²) in [5, 5.41) is 18.2. The third kappa shape index (κ3) is 4.60. The Labute approximate surface area is 169 Å². The molecule has 0 aliphatic carbocycles. The van der Waals surface area contributed by atoms with Gasteiger partial charge in [-0.2, -0.15) is 0 Å². The molecule has 0 radical (unpaired) electrons. The summed E-state index contributed by atoms with van der Waals surface area (Å²) in [6.07, 6.45) is 1.68. The van der Waals surface area contributed by atoms with E-state index in [1.54, 1.807) is 12.1 Å². The van der Waals surface area contributed by atoms with Crippen LogP contribution in [0.1, 0.15) is 29.2 Å². The predicted octanol–water partition coefficient (Wildman–Crippen LogP) is 3.10. The summed E-state index contributed by atoms with van der Waals surface area (Å²) in [5.74, 6) is 1.32. The second-order valence-electron chi connectivity index (χ2n) is 7.65. The van der Waals surface area contributed by atoms with Crippen molar-refractivity contribution in [3.63, 3.8) is 0 Å². The lowest BCUT2D eigenvalue weighted by Crippen LogP contribution is -2.46. The van der Waals surface area contributed by atoms with E-state index in [0.29, 0.717) is 12.3 Å². The van der Waals surface area contributed by atoms with Crippen molar-refractivity contribution in [3.05, 3.63) is 66.1 Å². The first kappa shape index (κ1) is 19.5. The van der Waals surface area contributed by atoms with E-state index in [2.05, 4.69) is 16.7 Å². The predicted molar refractivity (Wildman–Crippen MR) is 111 cm³/mol. The molecule has 0 saturated carbocycles. The molecule has 6 nitrogen and oxygen atoms in total. The highest BCUT2D eigenvalue weighted by Crippen LogP contribution is 2.27. The van der Waals surface area contributed by atoms with Gasteiger partial charge in [-0.05, 0) is 61.0 Å². The van der Waals surface area contributed by atoms with Crippen LogP contribution in [0.3, 0.4) is 0 Å². The van der Waals surface area contributed by atoms with Crippen molar-refractivity contribution in [3.8, 4) is 5.75 Å². The largest absolute Gasteiger partial charge is 0.486 e. The maximum absolute atomic E-state index is 12.4. The number of carbonyl (C=O) groups is 1.